The van der Waals surface area contributed by atoms with E-state index in [1.165, 1.54) is 56.8 Å². The molecule has 0 bridgehead atoms. The molecule has 0 aliphatic carbocycles. The van der Waals surface area contributed by atoms with Gasteiger partial charge in [-0.2, -0.15) is 9.57 Å². The molecule has 280 valence electrons. The number of aromatic nitrogens is 1. The monoisotopic (exact) mass is 745 g/mol. The zero-order valence-electron chi connectivity index (χ0n) is 30.1. The number of benzene rings is 2. The van der Waals surface area contributed by atoms with Crippen LogP contribution < -0.4 is 23.8 Å². The van der Waals surface area contributed by atoms with Crippen molar-refractivity contribution in [3.63, 3.8) is 0 Å². The van der Waals surface area contributed by atoms with Gasteiger partial charge in [-0.15, -0.1) is 0 Å². The summed E-state index contributed by atoms with van der Waals surface area (Å²) in [6, 6.07) is 14.1. The lowest BCUT2D eigenvalue weighted by Gasteiger charge is -2.50. The molecule has 0 saturated carbocycles. The number of piperidine rings is 1. The average Bonchev–Trinajstić information content (AvgIpc) is 3.37. The van der Waals surface area contributed by atoms with Crippen molar-refractivity contribution in [2.24, 2.45) is 0 Å². The van der Waals surface area contributed by atoms with Crippen LogP contribution in [0.3, 0.4) is 0 Å². The van der Waals surface area contributed by atoms with Gasteiger partial charge < -0.3 is 29.2 Å². The lowest BCUT2D eigenvalue weighted by molar-refractivity contribution is -0.121. The third-order valence-electron chi connectivity index (χ3n) is 10.8. The van der Waals surface area contributed by atoms with Crippen LogP contribution in [0, 0.1) is 11.3 Å². The van der Waals surface area contributed by atoms with Crippen LogP contribution in [-0.4, -0.2) is 125 Å². The number of fused-ring (bicyclic) bond motifs is 1. The summed E-state index contributed by atoms with van der Waals surface area (Å²) in [6.07, 6.45) is 3.53. The van der Waals surface area contributed by atoms with Crippen molar-refractivity contribution in [3.05, 3.63) is 71.4 Å². The van der Waals surface area contributed by atoms with Crippen LogP contribution in [0.25, 0.3) is 0 Å². The minimum atomic E-state index is -4.70. The van der Waals surface area contributed by atoms with E-state index in [2.05, 4.69) is 33.2 Å². The Morgan fingerprint density at radius 1 is 1.08 bits per heavy atom. The first-order valence-electron chi connectivity index (χ1n) is 17.6. The molecule has 4 aliphatic rings. The molecule has 0 radical (unpaired) electrons. The third-order valence-corrected chi connectivity index (χ3v) is 12.6. The molecule has 7 rings (SSSR count). The molecule has 4 aliphatic heterocycles. The van der Waals surface area contributed by atoms with E-state index in [9.17, 15) is 18.5 Å². The number of hydrogen-bond donors (Lipinski definition) is 1. The van der Waals surface area contributed by atoms with E-state index in [1.54, 1.807) is 24.0 Å². The summed E-state index contributed by atoms with van der Waals surface area (Å²) in [5.74, 6) is -0.673. The van der Waals surface area contributed by atoms with Crippen molar-refractivity contribution in [3.8, 4) is 23.4 Å². The quantitative estimate of drug-likeness (QED) is 0.305. The third kappa shape index (κ3) is 6.21. The number of sulfonamides is 1. The van der Waals surface area contributed by atoms with Crippen molar-refractivity contribution in [1.29, 1.82) is 5.26 Å². The van der Waals surface area contributed by atoms with Gasteiger partial charge in [-0.3, -0.25) is 14.6 Å². The molecule has 1 unspecified atom stereocenters. The maximum absolute atomic E-state index is 15.2. The number of likely N-dealkylation sites (tertiary alicyclic amines) is 2. The minimum Gasteiger partial charge on any atom is -0.497 e. The van der Waals surface area contributed by atoms with Crippen LogP contribution in [0.5, 0.6) is 17.4 Å². The van der Waals surface area contributed by atoms with Gasteiger partial charge in [-0.1, -0.05) is 0 Å². The predicted octanol–water partition coefficient (Wildman–Crippen LogP) is 2.54. The Hall–Kier alpha value is -4.95. The van der Waals surface area contributed by atoms with E-state index in [0.717, 1.165) is 39.1 Å². The van der Waals surface area contributed by atoms with Gasteiger partial charge in [0.05, 0.1) is 63.0 Å². The van der Waals surface area contributed by atoms with Crippen molar-refractivity contribution in [2.75, 3.05) is 71.6 Å². The summed E-state index contributed by atoms with van der Waals surface area (Å²) in [6.45, 7) is 6.14. The smallest absolute Gasteiger partial charge is 0.318 e. The van der Waals surface area contributed by atoms with Gasteiger partial charge in [0.2, 0.25) is 5.88 Å². The number of rotatable bonds is 11. The molecular weight excluding hydrogens is 703 g/mol. The summed E-state index contributed by atoms with van der Waals surface area (Å²) in [4.78, 5) is 40.0. The number of nitrogens with one attached hydrogen (secondary N) is 1. The molecule has 16 heteroatoms. The summed E-state index contributed by atoms with van der Waals surface area (Å²) >= 11 is 0. The van der Waals surface area contributed by atoms with Gasteiger partial charge in [-0.25, -0.2) is 18.2 Å². The van der Waals surface area contributed by atoms with Crippen LogP contribution in [0.1, 0.15) is 36.5 Å². The molecule has 3 aromatic rings. The second-order valence-corrected chi connectivity index (χ2v) is 15.3. The standard InChI is InChI=1S/C37H43N7O8S/c1-5-52-34-29(7-6-14-39-34)37(40-36(46)43-20-26(21-43)42-15-12-25(13-16-42)41(2)27-22-51-23-27)30-17-24(19-38)8-10-31(30)44(35(37)45)53(47,48)33-11-9-28(49-3)18-32(33)50-4/h6-11,14,17-18,25-27H,5,12-13,15-16,20-23H2,1-4H3,(H,40,46). The van der Waals surface area contributed by atoms with Gasteiger partial charge in [-0.05, 0) is 69.3 Å². The molecule has 2 aromatic carbocycles. The number of methoxy groups -OCH3 is 2. The lowest BCUT2D eigenvalue weighted by atomic mass is 9.83. The highest BCUT2D eigenvalue weighted by molar-refractivity contribution is 7.93. The largest absolute Gasteiger partial charge is 0.497 e. The normalized spacial score (nSPS) is 21.1. The molecular formula is C37H43N7O8S. The van der Waals surface area contributed by atoms with E-state index in [4.69, 9.17) is 18.9 Å². The number of carbonyl (C=O) groups is 2. The second-order valence-electron chi connectivity index (χ2n) is 13.6. The van der Waals surface area contributed by atoms with Crippen molar-refractivity contribution >= 4 is 27.6 Å². The number of anilines is 1. The van der Waals surface area contributed by atoms with E-state index in [-0.39, 0.29) is 51.6 Å². The first-order chi connectivity index (χ1) is 25.6. The molecule has 53 heavy (non-hydrogen) atoms. The lowest BCUT2D eigenvalue weighted by Crippen LogP contribution is -2.67. The molecule has 3 fully saturated rings. The number of hydrogen-bond acceptors (Lipinski definition) is 12. The predicted molar refractivity (Wildman–Crippen MR) is 192 cm³/mol. The number of likely N-dealkylation sites (N-methyl/N-ethyl adjacent to an activating group) is 1. The fraction of sp³-hybridized carbons (Fsp3) is 0.459. The van der Waals surface area contributed by atoms with E-state index < -0.39 is 27.5 Å². The van der Waals surface area contributed by atoms with Crippen molar-refractivity contribution < 1.29 is 37.0 Å². The number of carbonyl (C=O) groups excluding carboxylic acids is 2. The number of urea groups is 1. The first kappa shape index (κ1) is 36.4. The molecule has 15 nitrogen and oxygen atoms in total. The average molecular weight is 746 g/mol. The van der Waals surface area contributed by atoms with Crippen LogP contribution >= 0.6 is 0 Å². The second kappa shape index (κ2) is 14.5. The summed E-state index contributed by atoms with van der Waals surface area (Å²) in [5.41, 5.74) is -1.83. The summed E-state index contributed by atoms with van der Waals surface area (Å²) in [5, 5.41) is 12.9. The van der Waals surface area contributed by atoms with Gasteiger partial charge in [0.25, 0.3) is 15.9 Å². The highest BCUT2D eigenvalue weighted by Gasteiger charge is 2.59. The Morgan fingerprint density at radius 2 is 1.83 bits per heavy atom. The molecule has 3 amide bonds. The van der Waals surface area contributed by atoms with E-state index >= 15 is 4.79 Å². The molecule has 1 aromatic heterocycles. The molecule has 1 atom stereocenters. The van der Waals surface area contributed by atoms with Crippen LogP contribution in [0.4, 0.5) is 10.5 Å². The Morgan fingerprint density at radius 3 is 2.47 bits per heavy atom. The minimum absolute atomic E-state index is 0.0287. The van der Waals surface area contributed by atoms with Gasteiger partial charge in [0, 0.05) is 56.1 Å². The molecule has 1 N–H and O–H groups in total. The number of pyridine rings is 1. The summed E-state index contributed by atoms with van der Waals surface area (Å²) in [7, 11) is 0.214. The zero-order valence-corrected chi connectivity index (χ0v) is 31.0. The molecule has 3 saturated heterocycles. The van der Waals surface area contributed by atoms with Gasteiger partial charge in [0.1, 0.15) is 16.4 Å². The number of nitriles is 1. The van der Waals surface area contributed by atoms with Gasteiger partial charge in [0.15, 0.2) is 5.54 Å². The zero-order chi connectivity index (χ0) is 37.5. The SMILES string of the molecule is CCOc1ncccc1C1(NC(=O)N2CC(N3CCC(N(C)C4COC4)CC3)C2)C(=O)N(S(=O)(=O)c2ccc(OC)cc2OC)c2ccc(C#N)cc21. The van der Waals surface area contributed by atoms with E-state index in [0.29, 0.717) is 35.2 Å². The van der Waals surface area contributed by atoms with Crippen LogP contribution in [0.15, 0.2) is 59.6 Å². The molecule has 5 heterocycles. The number of nitrogens with zero attached hydrogens (tertiary/aromatic N) is 6. The Labute approximate surface area is 309 Å². The Bertz CT molecular complexity index is 2040. The maximum Gasteiger partial charge on any atom is 0.318 e. The van der Waals surface area contributed by atoms with Crippen molar-refractivity contribution in [2.45, 2.75) is 48.3 Å². The van der Waals surface area contributed by atoms with Gasteiger partial charge >= 0.3 is 6.03 Å². The van der Waals surface area contributed by atoms with Crippen LogP contribution in [-0.2, 0) is 25.1 Å². The van der Waals surface area contributed by atoms with E-state index in [1.807, 2.05) is 0 Å². The number of ether oxygens (including phenoxy) is 4. The fourth-order valence-corrected chi connectivity index (χ4v) is 9.27. The Balaban J connectivity index is 1.23. The maximum atomic E-state index is 15.2. The topological polar surface area (TPSA) is 167 Å². The highest BCUT2D eigenvalue weighted by atomic mass is 32.2. The van der Waals surface area contributed by atoms with Crippen molar-refractivity contribution in [1.82, 2.24) is 25.0 Å². The highest BCUT2D eigenvalue weighted by Crippen LogP contribution is 2.50. The Kier molecular flexibility index (Phi) is 9.94. The summed E-state index contributed by atoms with van der Waals surface area (Å²) < 4.78 is 51.9. The van der Waals surface area contributed by atoms with Crippen LogP contribution in [0.2, 0.25) is 0 Å². The molecule has 0 spiro atoms. The number of amides is 3. The fourth-order valence-electron chi connectivity index (χ4n) is 7.67. The first-order valence-corrected chi connectivity index (χ1v) is 19.1.